The highest BCUT2D eigenvalue weighted by Gasteiger charge is 2.05. The van der Waals surface area contributed by atoms with Crippen LogP contribution >= 0.6 is 0 Å². The topological polar surface area (TPSA) is 49.6 Å². The predicted octanol–water partition coefficient (Wildman–Crippen LogP) is 2.15. The quantitative estimate of drug-likeness (QED) is 0.707. The van der Waals surface area contributed by atoms with E-state index in [1.54, 1.807) is 30.6 Å². The van der Waals surface area contributed by atoms with Crippen LogP contribution in [0.15, 0.2) is 36.7 Å². The van der Waals surface area contributed by atoms with Crippen LogP contribution in [0, 0.1) is 17.1 Å². The van der Waals surface area contributed by atoms with E-state index >= 15 is 0 Å². The van der Waals surface area contributed by atoms with E-state index in [9.17, 15) is 4.39 Å². The molecule has 0 unspecified atom stereocenters. The van der Waals surface area contributed by atoms with Gasteiger partial charge in [-0.25, -0.2) is 14.4 Å². The van der Waals surface area contributed by atoms with Gasteiger partial charge in [-0.3, -0.25) is 0 Å². The first-order valence-electron chi connectivity index (χ1n) is 4.28. The van der Waals surface area contributed by atoms with Crippen LogP contribution in [0.3, 0.4) is 0 Å². The maximum Gasteiger partial charge on any atom is 0.159 e. The van der Waals surface area contributed by atoms with Crippen molar-refractivity contribution in [2.75, 3.05) is 0 Å². The van der Waals surface area contributed by atoms with Gasteiger partial charge in [-0.1, -0.05) is 0 Å². The van der Waals surface area contributed by atoms with Crippen LogP contribution in [0.25, 0.3) is 11.4 Å². The van der Waals surface area contributed by atoms with Crippen molar-refractivity contribution >= 4 is 0 Å². The molecule has 0 radical (unpaired) electrons. The fraction of sp³-hybridized carbons (Fsp3) is 0. The van der Waals surface area contributed by atoms with Gasteiger partial charge in [0.15, 0.2) is 5.82 Å². The van der Waals surface area contributed by atoms with Crippen molar-refractivity contribution in [3.05, 3.63) is 48.0 Å². The van der Waals surface area contributed by atoms with Gasteiger partial charge in [0.1, 0.15) is 11.9 Å². The van der Waals surface area contributed by atoms with Gasteiger partial charge in [0.2, 0.25) is 0 Å². The SMILES string of the molecule is N#Cc1cc(-c2ncccn2)ccc1F. The summed E-state index contributed by atoms with van der Waals surface area (Å²) < 4.78 is 13.0. The molecule has 4 heteroatoms. The second-order valence-corrected chi connectivity index (χ2v) is 2.88. The van der Waals surface area contributed by atoms with Crippen LogP contribution < -0.4 is 0 Å². The molecule has 0 fully saturated rings. The number of nitrogens with zero attached hydrogens (tertiary/aromatic N) is 3. The summed E-state index contributed by atoms with van der Waals surface area (Å²) >= 11 is 0. The average molecular weight is 199 g/mol. The second-order valence-electron chi connectivity index (χ2n) is 2.88. The molecule has 3 nitrogen and oxygen atoms in total. The molecule has 15 heavy (non-hydrogen) atoms. The number of halogens is 1. The zero-order valence-electron chi connectivity index (χ0n) is 7.68. The Kier molecular flexibility index (Phi) is 2.38. The third kappa shape index (κ3) is 1.81. The molecule has 0 amide bonds. The number of rotatable bonds is 1. The van der Waals surface area contributed by atoms with E-state index in [0.29, 0.717) is 11.4 Å². The second kappa shape index (κ2) is 3.84. The predicted molar refractivity (Wildman–Crippen MR) is 52.1 cm³/mol. The van der Waals surface area contributed by atoms with E-state index in [-0.39, 0.29) is 5.56 Å². The molecule has 1 aromatic carbocycles. The van der Waals surface area contributed by atoms with Gasteiger partial charge in [0, 0.05) is 18.0 Å². The minimum atomic E-state index is -0.530. The maximum absolute atomic E-state index is 13.0. The molecule has 0 spiro atoms. The lowest BCUT2D eigenvalue weighted by molar-refractivity contribution is 0.624. The molecule has 1 aromatic heterocycles. The minimum Gasteiger partial charge on any atom is -0.237 e. The van der Waals surface area contributed by atoms with Crippen molar-refractivity contribution in [3.8, 4) is 17.5 Å². The average Bonchev–Trinajstić information content (AvgIpc) is 2.31. The molecule has 2 aromatic rings. The highest BCUT2D eigenvalue weighted by atomic mass is 19.1. The van der Waals surface area contributed by atoms with Crippen molar-refractivity contribution in [2.24, 2.45) is 0 Å². The molecule has 1 heterocycles. The number of aromatic nitrogens is 2. The molecular formula is C11H6FN3. The standard InChI is InChI=1S/C11H6FN3/c12-10-3-2-8(6-9(10)7-13)11-14-4-1-5-15-11/h1-6H. The van der Waals surface area contributed by atoms with Gasteiger partial charge < -0.3 is 0 Å². The van der Waals surface area contributed by atoms with Crippen LogP contribution in [-0.4, -0.2) is 9.97 Å². The molecule has 0 atom stereocenters. The smallest absolute Gasteiger partial charge is 0.159 e. The zero-order valence-corrected chi connectivity index (χ0v) is 7.68. The van der Waals surface area contributed by atoms with E-state index in [4.69, 9.17) is 5.26 Å². The largest absolute Gasteiger partial charge is 0.237 e. The van der Waals surface area contributed by atoms with Crippen molar-refractivity contribution in [2.45, 2.75) is 0 Å². The molecule has 72 valence electrons. The Morgan fingerprint density at radius 2 is 1.93 bits per heavy atom. The molecule has 0 saturated carbocycles. The Labute approximate surface area is 85.9 Å². The molecule has 0 aliphatic carbocycles. The summed E-state index contributed by atoms with van der Waals surface area (Å²) in [7, 11) is 0. The van der Waals surface area contributed by atoms with E-state index in [1.165, 1.54) is 12.1 Å². The Balaban J connectivity index is 2.52. The third-order valence-corrected chi connectivity index (χ3v) is 1.91. The minimum absolute atomic E-state index is 0.0000435. The summed E-state index contributed by atoms with van der Waals surface area (Å²) in [6, 6.07) is 7.69. The Bertz CT molecular complexity index is 517. The lowest BCUT2D eigenvalue weighted by atomic mass is 10.1. The first-order valence-corrected chi connectivity index (χ1v) is 4.28. The van der Waals surface area contributed by atoms with Crippen LogP contribution in [0.1, 0.15) is 5.56 Å². The summed E-state index contributed by atoms with van der Waals surface area (Å²) in [6.45, 7) is 0. The van der Waals surface area contributed by atoms with E-state index < -0.39 is 5.82 Å². The van der Waals surface area contributed by atoms with E-state index in [1.807, 2.05) is 0 Å². The Hall–Kier alpha value is -2.28. The van der Waals surface area contributed by atoms with E-state index in [2.05, 4.69) is 9.97 Å². The fourth-order valence-electron chi connectivity index (χ4n) is 1.20. The summed E-state index contributed by atoms with van der Waals surface area (Å²) in [6.07, 6.45) is 3.19. The molecule has 0 N–H and O–H groups in total. The molecule has 0 aliphatic heterocycles. The number of hydrogen-bond donors (Lipinski definition) is 0. The number of hydrogen-bond acceptors (Lipinski definition) is 3. The van der Waals surface area contributed by atoms with Crippen molar-refractivity contribution in [1.29, 1.82) is 5.26 Å². The highest BCUT2D eigenvalue weighted by Crippen LogP contribution is 2.17. The van der Waals surface area contributed by atoms with Crippen molar-refractivity contribution in [3.63, 3.8) is 0 Å². The summed E-state index contributed by atoms with van der Waals surface area (Å²) in [5.74, 6) is -0.0498. The molecule has 0 aliphatic rings. The van der Waals surface area contributed by atoms with Crippen LogP contribution in [0.2, 0.25) is 0 Å². The van der Waals surface area contributed by atoms with Crippen LogP contribution in [0.4, 0.5) is 4.39 Å². The molecular weight excluding hydrogens is 193 g/mol. The van der Waals surface area contributed by atoms with Gasteiger partial charge in [-0.15, -0.1) is 0 Å². The van der Waals surface area contributed by atoms with Gasteiger partial charge in [0.05, 0.1) is 5.56 Å². The number of benzene rings is 1. The van der Waals surface area contributed by atoms with Gasteiger partial charge >= 0.3 is 0 Å². The van der Waals surface area contributed by atoms with Crippen molar-refractivity contribution < 1.29 is 4.39 Å². The zero-order chi connectivity index (χ0) is 10.7. The molecule has 0 bridgehead atoms. The van der Waals surface area contributed by atoms with Crippen LogP contribution in [0.5, 0.6) is 0 Å². The Morgan fingerprint density at radius 1 is 1.20 bits per heavy atom. The third-order valence-electron chi connectivity index (χ3n) is 1.91. The van der Waals surface area contributed by atoms with Gasteiger partial charge in [-0.05, 0) is 24.3 Å². The molecule has 0 saturated heterocycles. The van der Waals surface area contributed by atoms with Crippen molar-refractivity contribution in [1.82, 2.24) is 9.97 Å². The summed E-state index contributed by atoms with van der Waals surface area (Å²) in [5.41, 5.74) is 0.633. The maximum atomic E-state index is 13.0. The number of nitriles is 1. The highest BCUT2D eigenvalue weighted by molar-refractivity contribution is 5.57. The Morgan fingerprint density at radius 3 is 2.60 bits per heavy atom. The van der Waals surface area contributed by atoms with Gasteiger partial charge in [-0.2, -0.15) is 5.26 Å². The summed E-state index contributed by atoms with van der Waals surface area (Å²) in [4.78, 5) is 8.02. The molecule has 2 rings (SSSR count). The monoisotopic (exact) mass is 199 g/mol. The van der Waals surface area contributed by atoms with Crippen LogP contribution in [-0.2, 0) is 0 Å². The fourth-order valence-corrected chi connectivity index (χ4v) is 1.20. The first kappa shape index (κ1) is 9.28. The first-order chi connectivity index (χ1) is 7.31. The van der Waals surface area contributed by atoms with Gasteiger partial charge in [0.25, 0.3) is 0 Å². The normalized spacial score (nSPS) is 9.60. The summed E-state index contributed by atoms with van der Waals surface area (Å²) in [5, 5.41) is 8.66. The van der Waals surface area contributed by atoms with E-state index in [0.717, 1.165) is 0 Å². The lowest BCUT2D eigenvalue weighted by Crippen LogP contribution is -1.89. The lowest BCUT2D eigenvalue weighted by Gasteiger charge is -1.99.